The second-order valence-electron chi connectivity index (χ2n) is 4.39. The number of nitrogens with one attached hydrogen (secondary N) is 2. The van der Waals surface area contributed by atoms with Crippen molar-refractivity contribution in [2.45, 2.75) is 20.8 Å². The van der Waals surface area contributed by atoms with E-state index < -0.39 is 0 Å². The summed E-state index contributed by atoms with van der Waals surface area (Å²) in [6.45, 7) is 6.52. The lowest BCUT2D eigenvalue weighted by molar-refractivity contribution is 0.102. The van der Waals surface area contributed by atoms with E-state index in [0.717, 1.165) is 23.6 Å². The minimum Gasteiger partial charge on any atom is -0.384 e. The summed E-state index contributed by atoms with van der Waals surface area (Å²) in [5.41, 5.74) is 2.83. The topological polar surface area (TPSA) is 79.8 Å². The third-order valence-electron chi connectivity index (χ3n) is 2.58. The van der Waals surface area contributed by atoms with Crippen LogP contribution in [0.3, 0.4) is 0 Å². The zero-order valence-electron chi connectivity index (χ0n) is 11.8. The molecule has 2 N–H and O–H groups in total. The summed E-state index contributed by atoms with van der Waals surface area (Å²) >= 11 is 0. The molecule has 0 aliphatic carbocycles. The lowest BCUT2D eigenvalue weighted by Gasteiger charge is -2.06. The van der Waals surface area contributed by atoms with Crippen LogP contribution >= 0.6 is 0 Å². The van der Waals surface area contributed by atoms with Gasteiger partial charge in [-0.3, -0.25) is 10.1 Å². The van der Waals surface area contributed by atoms with E-state index in [1.54, 1.807) is 12.3 Å². The number of carbonyl (C=O) groups is 1. The van der Waals surface area contributed by atoms with Crippen molar-refractivity contribution in [1.82, 2.24) is 15.0 Å². The second kappa shape index (κ2) is 6.10. The molecule has 0 aliphatic rings. The van der Waals surface area contributed by atoms with Crippen LogP contribution in [0.5, 0.6) is 0 Å². The van der Waals surface area contributed by atoms with Crippen LogP contribution in [0, 0.1) is 13.8 Å². The van der Waals surface area contributed by atoms with Gasteiger partial charge in [-0.15, -0.1) is 0 Å². The van der Waals surface area contributed by atoms with Crippen LogP contribution < -0.4 is 10.6 Å². The van der Waals surface area contributed by atoms with E-state index in [9.17, 15) is 4.79 Å². The van der Waals surface area contributed by atoms with Crippen LogP contribution in [0.2, 0.25) is 0 Å². The lowest BCUT2D eigenvalue weighted by atomic mass is 10.3. The maximum atomic E-state index is 12.0. The molecule has 2 aromatic heterocycles. The van der Waals surface area contributed by atoms with Gasteiger partial charge in [-0.05, 0) is 39.0 Å². The number of pyridine rings is 1. The first-order valence-corrected chi connectivity index (χ1v) is 6.42. The van der Waals surface area contributed by atoms with E-state index in [1.165, 1.54) is 0 Å². The first kappa shape index (κ1) is 13.9. The number of rotatable bonds is 4. The first-order chi connectivity index (χ1) is 9.58. The predicted molar refractivity (Wildman–Crippen MR) is 77.9 cm³/mol. The maximum Gasteiger partial charge on any atom is 0.276 e. The molecule has 0 fully saturated rings. The van der Waals surface area contributed by atoms with Crippen molar-refractivity contribution in [2.24, 2.45) is 0 Å². The highest BCUT2D eigenvalue weighted by Gasteiger charge is 2.09. The molecule has 1 amide bonds. The van der Waals surface area contributed by atoms with Crippen molar-refractivity contribution in [3.8, 4) is 0 Å². The SMILES string of the molecule is CCNc1ccc(C(=O)Nc2nc(C)cc(C)n2)nc1. The van der Waals surface area contributed by atoms with Gasteiger partial charge in [-0.2, -0.15) is 0 Å². The highest BCUT2D eigenvalue weighted by Crippen LogP contribution is 2.08. The largest absolute Gasteiger partial charge is 0.384 e. The maximum absolute atomic E-state index is 12.0. The summed E-state index contributed by atoms with van der Waals surface area (Å²) in [4.78, 5) is 24.5. The molecule has 0 spiro atoms. The third-order valence-corrected chi connectivity index (χ3v) is 2.58. The zero-order chi connectivity index (χ0) is 14.5. The van der Waals surface area contributed by atoms with E-state index in [0.29, 0.717) is 11.6 Å². The Hall–Kier alpha value is -2.50. The monoisotopic (exact) mass is 271 g/mol. The summed E-state index contributed by atoms with van der Waals surface area (Å²) < 4.78 is 0. The van der Waals surface area contributed by atoms with E-state index in [2.05, 4.69) is 25.6 Å². The minimum absolute atomic E-state index is 0.296. The molecule has 0 atom stereocenters. The van der Waals surface area contributed by atoms with E-state index in [-0.39, 0.29) is 5.91 Å². The third kappa shape index (κ3) is 3.50. The molecule has 2 rings (SSSR count). The number of hydrogen-bond donors (Lipinski definition) is 2. The van der Waals surface area contributed by atoms with Crippen molar-refractivity contribution in [3.63, 3.8) is 0 Å². The average Bonchev–Trinajstić information content (AvgIpc) is 2.38. The zero-order valence-corrected chi connectivity index (χ0v) is 11.8. The Bertz CT molecular complexity index is 589. The molecule has 6 heteroatoms. The molecule has 0 aliphatic heterocycles. The van der Waals surface area contributed by atoms with Gasteiger partial charge in [0.15, 0.2) is 0 Å². The smallest absolute Gasteiger partial charge is 0.276 e. The lowest BCUT2D eigenvalue weighted by Crippen LogP contribution is -2.16. The Morgan fingerprint density at radius 1 is 1.20 bits per heavy atom. The molecule has 6 nitrogen and oxygen atoms in total. The number of aryl methyl sites for hydroxylation is 2. The second-order valence-corrected chi connectivity index (χ2v) is 4.39. The minimum atomic E-state index is -0.321. The van der Waals surface area contributed by atoms with Gasteiger partial charge in [0, 0.05) is 17.9 Å². The molecule has 20 heavy (non-hydrogen) atoms. The van der Waals surface area contributed by atoms with Crippen molar-refractivity contribution in [3.05, 3.63) is 41.5 Å². The molecule has 0 saturated carbocycles. The van der Waals surface area contributed by atoms with Gasteiger partial charge in [0.25, 0.3) is 5.91 Å². The molecular weight excluding hydrogens is 254 g/mol. The number of hydrogen-bond acceptors (Lipinski definition) is 5. The van der Waals surface area contributed by atoms with Crippen LogP contribution in [0.4, 0.5) is 11.6 Å². The summed E-state index contributed by atoms with van der Waals surface area (Å²) in [7, 11) is 0. The highest BCUT2D eigenvalue weighted by atomic mass is 16.2. The number of anilines is 2. The molecule has 2 aromatic rings. The first-order valence-electron chi connectivity index (χ1n) is 6.42. The molecule has 0 aromatic carbocycles. The fourth-order valence-corrected chi connectivity index (χ4v) is 1.78. The van der Waals surface area contributed by atoms with Gasteiger partial charge in [0.2, 0.25) is 5.95 Å². The van der Waals surface area contributed by atoms with Gasteiger partial charge >= 0.3 is 0 Å². The van der Waals surface area contributed by atoms with Gasteiger partial charge in [0.1, 0.15) is 5.69 Å². The normalized spacial score (nSPS) is 10.2. The fraction of sp³-hybridized carbons (Fsp3) is 0.286. The molecule has 0 saturated heterocycles. The van der Waals surface area contributed by atoms with Crippen molar-refractivity contribution in [1.29, 1.82) is 0 Å². The van der Waals surface area contributed by atoms with Gasteiger partial charge in [-0.25, -0.2) is 15.0 Å². The van der Waals surface area contributed by atoms with Gasteiger partial charge in [0.05, 0.1) is 11.9 Å². The molecule has 0 bridgehead atoms. The van der Waals surface area contributed by atoms with Crippen molar-refractivity contribution < 1.29 is 4.79 Å². The highest BCUT2D eigenvalue weighted by molar-refractivity contribution is 6.01. The Kier molecular flexibility index (Phi) is 4.24. The number of carbonyl (C=O) groups excluding carboxylic acids is 1. The number of amides is 1. The Balaban J connectivity index is 2.11. The van der Waals surface area contributed by atoms with Crippen molar-refractivity contribution >= 4 is 17.5 Å². The number of nitrogens with zero attached hydrogens (tertiary/aromatic N) is 3. The molecule has 0 unspecified atom stereocenters. The summed E-state index contributed by atoms with van der Waals surface area (Å²) in [6, 6.07) is 5.32. The van der Waals surface area contributed by atoms with E-state index in [4.69, 9.17) is 0 Å². The quantitative estimate of drug-likeness (QED) is 0.890. The van der Waals surface area contributed by atoms with Crippen LogP contribution in [0.25, 0.3) is 0 Å². The predicted octanol–water partition coefficient (Wildman–Crippen LogP) is 2.17. The Morgan fingerprint density at radius 3 is 2.45 bits per heavy atom. The van der Waals surface area contributed by atoms with Crippen molar-refractivity contribution in [2.75, 3.05) is 17.2 Å². The summed E-state index contributed by atoms with van der Waals surface area (Å²) in [5, 5.41) is 5.77. The molecular formula is C14H17N5O. The van der Waals surface area contributed by atoms with E-state index in [1.807, 2.05) is 32.9 Å². The standard InChI is InChI=1S/C14H17N5O/c1-4-15-11-5-6-12(16-8-11)13(20)19-14-17-9(2)7-10(3)18-14/h5-8,15H,4H2,1-3H3,(H,17,18,19,20). The van der Waals surface area contributed by atoms with Crippen LogP contribution in [0.1, 0.15) is 28.8 Å². The molecule has 2 heterocycles. The average molecular weight is 271 g/mol. The van der Waals surface area contributed by atoms with Gasteiger partial charge < -0.3 is 5.32 Å². The molecule has 0 radical (unpaired) electrons. The van der Waals surface area contributed by atoms with Crippen LogP contribution in [0.15, 0.2) is 24.4 Å². The fourth-order valence-electron chi connectivity index (χ4n) is 1.78. The summed E-state index contributed by atoms with van der Waals surface area (Å²) in [5.74, 6) is -0.0249. The Labute approximate surface area is 117 Å². The molecule has 104 valence electrons. The number of aromatic nitrogens is 3. The van der Waals surface area contributed by atoms with E-state index >= 15 is 0 Å². The van der Waals surface area contributed by atoms with Crippen LogP contribution in [-0.2, 0) is 0 Å². The van der Waals surface area contributed by atoms with Crippen LogP contribution in [-0.4, -0.2) is 27.4 Å². The summed E-state index contributed by atoms with van der Waals surface area (Å²) in [6.07, 6.45) is 1.63. The Morgan fingerprint density at radius 2 is 1.90 bits per heavy atom. The van der Waals surface area contributed by atoms with Gasteiger partial charge in [-0.1, -0.05) is 0 Å².